The van der Waals surface area contributed by atoms with Gasteiger partial charge in [0.2, 0.25) is 10.0 Å². The zero-order chi connectivity index (χ0) is 20.7. The number of amides is 1. The minimum absolute atomic E-state index is 0.137. The van der Waals surface area contributed by atoms with Gasteiger partial charge in [0.15, 0.2) is 0 Å². The first-order chi connectivity index (χ1) is 13.9. The number of hydrogen-bond acceptors (Lipinski definition) is 5. The van der Waals surface area contributed by atoms with E-state index in [1.54, 1.807) is 47.4 Å². The quantitative estimate of drug-likeness (QED) is 0.525. The van der Waals surface area contributed by atoms with Crippen LogP contribution < -0.4 is 10.0 Å². The molecule has 1 amide bonds. The first kappa shape index (κ1) is 20.4. The van der Waals surface area contributed by atoms with Crippen LogP contribution in [0.3, 0.4) is 0 Å². The standard InChI is InChI=1S/C20H21N5O3S/c1-2-11-23-29(27,28)13-17-5-9-19(10-6-17)24-20(26)18-7-3-16(4-8-18)12-25-15-21-14-22-25/h2-10,14-15,23H,1,11-13H2,(H,24,26). The molecule has 2 N–H and O–H groups in total. The molecule has 0 radical (unpaired) electrons. The number of aromatic nitrogens is 3. The summed E-state index contributed by atoms with van der Waals surface area (Å²) in [5.41, 5.74) is 2.73. The summed E-state index contributed by atoms with van der Waals surface area (Å²) in [6.45, 7) is 4.25. The third kappa shape index (κ3) is 6.09. The molecule has 0 aliphatic rings. The van der Waals surface area contributed by atoms with Gasteiger partial charge in [-0.05, 0) is 35.4 Å². The summed E-state index contributed by atoms with van der Waals surface area (Å²) in [5, 5.41) is 6.85. The third-order valence-electron chi connectivity index (χ3n) is 4.04. The molecule has 29 heavy (non-hydrogen) atoms. The van der Waals surface area contributed by atoms with E-state index in [0.29, 0.717) is 23.4 Å². The molecule has 150 valence electrons. The average molecular weight is 411 g/mol. The molecule has 9 heteroatoms. The normalized spacial score (nSPS) is 11.2. The van der Waals surface area contributed by atoms with E-state index in [1.807, 2.05) is 12.1 Å². The number of nitrogens with one attached hydrogen (secondary N) is 2. The van der Waals surface area contributed by atoms with Gasteiger partial charge in [0.05, 0.1) is 12.3 Å². The Morgan fingerprint density at radius 1 is 1.07 bits per heavy atom. The highest BCUT2D eigenvalue weighted by Gasteiger charge is 2.11. The summed E-state index contributed by atoms with van der Waals surface area (Å²) >= 11 is 0. The van der Waals surface area contributed by atoms with Crippen LogP contribution >= 0.6 is 0 Å². The van der Waals surface area contributed by atoms with Gasteiger partial charge in [0, 0.05) is 17.8 Å². The monoisotopic (exact) mass is 411 g/mol. The van der Waals surface area contributed by atoms with Crippen molar-refractivity contribution in [2.45, 2.75) is 12.3 Å². The van der Waals surface area contributed by atoms with Crippen LogP contribution in [-0.2, 0) is 22.3 Å². The van der Waals surface area contributed by atoms with Crippen molar-refractivity contribution in [3.05, 3.63) is 90.5 Å². The molecule has 0 unspecified atom stereocenters. The van der Waals surface area contributed by atoms with Gasteiger partial charge in [0.1, 0.15) is 12.7 Å². The van der Waals surface area contributed by atoms with Crippen LogP contribution in [0.2, 0.25) is 0 Å². The number of benzene rings is 2. The zero-order valence-electron chi connectivity index (χ0n) is 15.7. The number of carbonyl (C=O) groups excluding carboxylic acids is 1. The molecule has 3 rings (SSSR count). The topological polar surface area (TPSA) is 106 Å². The van der Waals surface area contributed by atoms with Crippen molar-refractivity contribution in [2.24, 2.45) is 0 Å². The summed E-state index contributed by atoms with van der Waals surface area (Å²) in [6.07, 6.45) is 4.59. The Morgan fingerprint density at radius 3 is 2.38 bits per heavy atom. The fraction of sp³-hybridized carbons (Fsp3) is 0.150. The molecule has 2 aromatic carbocycles. The highest BCUT2D eigenvalue weighted by atomic mass is 32.2. The summed E-state index contributed by atoms with van der Waals surface area (Å²) in [5.74, 6) is -0.382. The second-order valence-electron chi connectivity index (χ2n) is 6.34. The van der Waals surface area contributed by atoms with Gasteiger partial charge in [-0.1, -0.05) is 30.3 Å². The lowest BCUT2D eigenvalue weighted by Gasteiger charge is -2.08. The number of sulfonamides is 1. The average Bonchev–Trinajstić information content (AvgIpc) is 3.21. The number of rotatable bonds is 9. The fourth-order valence-electron chi connectivity index (χ4n) is 2.61. The SMILES string of the molecule is C=CCNS(=O)(=O)Cc1ccc(NC(=O)c2ccc(Cn3cncn3)cc2)cc1. The van der Waals surface area contributed by atoms with Crippen LogP contribution in [0.15, 0.2) is 73.8 Å². The molecule has 0 bridgehead atoms. The van der Waals surface area contributed by atoms with E-state index in [1.165, 1.54) is 12.4 Å². The van der Waals surface area contributed by atoms with Crippen LogP contribution in [0.25, 0.3) is 0 Å². The van der Waals surface area contributed by atoms with Gasteiger partial charge >= 0.3 is 0 Å². The molecule has 1 heterocycles. The Balaban J connectivity index is 1.58. The van der Waals surface area contributed by atoms with Gasteiger partial charge in [-0.2, -0.15) is 5.10 Å². The Kier molecular flexibility index (Phi) is 6.53. The van der Waals surface area contributed by atoms with Crippen LogP contribution in [0.1, 0.15) is 21.5 Å². The smallest absolute Gasteiger partial charge is 0.255 e. The van der Waals surface area contributed by atoms with E-state index in [4.69, 9.17) is 0 Å². The second-order valence-corrected chi connectivity index (χ2v) is 8.14. The van der Waals surface area contributed by atoms with Crippen LogP contribution in [0.4, 0.5) is 5.69 Å². The molecular weight excluding hydrogens is 390 g/mol. The van der Waals surface area contributed by atoms with E-state index in [9.17, 15) is 13.2 Å². The predicted molar refractivity (Wildman–Crippen MR) is 111 cm³/mol. The van der Waals surface area contributed by atoms with Crippen molar-refractivity contribution < 1.29 is 13.2 Å². The van der Waals surface area contributed by atoms with Gasteiger partial charge in [-0.3, -0.25) is 4.79 Å². The number of carbonyl (C=O) groups is 1. The molecule has 0 atom stereocenters. The Labute approximate surface area is 169 Å². The van der Waals surface area contributed by atoms with E-state index < -0.39 is 10.0 Å². The van der Waals surface area contributed by atoms with Crippen molar-refractivity contribution in [1.29, 1.82) is 0 Å². The summed E-state index contributed by atoms with van der Waals surface area (Å²) in [7, 11) is -3.42. The van der Waals surface area contributed by atoms with Gasteiger partial charge in [-0.25, -0.2) is 22.8 Å². The number of nitrogens with zero attached hydrogens (tertiary/aromatic N) is 3. The Bertz CT molecular complexity index is 1060. The number of anilines is 1. The maximum absolute atomic E-state index is 12.4. The van der Waals surface area contributed by atoms with E-state index in [2.05, 4.69) is 26.7 Å². The Hall–Kier alpha value is -3.30. The molecule has 0 spiro atoms. The molecule has 3 aromatic rings. The fourth-order valence-corrected chi connectivity index (χ4v) is 3.71. The molecule has 1 aromatic heterocycles. The molecular formula is C20H21N5O3S. The molecule has 0 fully saturated rings. The Morgan fingerprint density at radius 2 is 1.76 bits per heavy atom. The minimum atomic E-state index is -3.42. The molecule has 8 nitrogen and oxygen atoms in total. The first-order valence-electron chi connectivity index (χ1n) is 8.85. The van der Waals surface area contributed by atoms with Crippen LogP contribution in [0, 0.1) is 0 Å². The summed E-state index contributed by atoms with van der Waals surface area (Å²) in [6, 6.07) is 13.9. The summed E-state index contributed by atoms with van der Waals surface area (Å²) < 4.78 is 27.9. The van der Waals surface area contributed by atoms with Crippen molar-refractivity contribution in [3.8, 4) is 0 Å². The van der Waals surface area contributed by atoms with Crippen molar-refractivity contribution in [3.63, 3.8) is 0 Å². The minimum Gasteiger partial charge on any atom is -0.322 e. The predicted octanol–water partition coefficient (Wildman–Crippen LogP) is 2.18. The first-order valence-corrected chi connectivity index (χ1v) is 10.5. The molecule has 0 saturated carbocycles. The van der Waals surface area contributed by atoms with Crippen LogP contribution in [0.5, 0.6) is 0 Å². The van der Waals surface area contributed by atoms with E-state index in [-0.39, 0.29) is 18.2 Å². The van der Waals surface area contributed by atoms with Crippen molar-refractivity contribution >= 4 is 21.6 Å². The molecule has 0 aliphatic heterocycles. The largest absolute Gasteiger partial charge is 0.322 e. The number of hydrogen-bond donors (Lipinski definition) is 2. The lowest BCUT2D eigenvalue weighted by molar-refractivity contribution is 0.102. The second kappa shape index (κ2) is 9.26. The van der Waals surface area contributed by atoms with Crippen LogP contribution in [-0.4, -0.2) is 35.6 Å². The van der Waals surface area contributed by atoms with Gasteiger partial charge < -0.3 is 5.32 Å². The van der Waals surface area contributed by atoms with Crippen molar-refractivity contribution in [2.75, 3.05) is 11.9 Å². The van der Waals surface area contributed by atoms with Crippen molar-refractivity contribution in [1.82, 2.24) is 19.5 Å². The zero-order valence-corrected chi connectivity index (χ0v) is 16.5. The highest BCUT2D eigenvalue weighted by Crippen LogP contribution is 2.14. The lowest BCUT2D eigenvalue weighted by Crippen LogP contribution is -2.25. The van der Waals surface area contributed by atoms with Gasteiger partial charge in [-0.15, -0.1) is 6.58 Å². The lowest BCUT2D eigenvalue weighted by atomic mass is 10.1. The summed E-state index contributed by atoms with van der Waals surface area (Å²) in [4.78, 5) is 16.3. The van der Waals surface area contributed by atoms with E-state index >= 15 is 0 Å². The van der Waals surface area contributed by atoms with Gasteiger partial charge in [0.25, 0.3) is 5.91 Å². The van der Waals surface area contributed by atoms with E-state index in [0.717, 1.165) is 5.56 Å². The maximum Gasteiger partial charge on any atom is 0.255 e. The molecule has 0 saturated heterocycles. The third-order valence-corrected chi connectivity index (χ3v) is 5.36. The maximum atomic E-state index is 12.4. The molecule has 0 aliphatic carbocycles. The highest BCUT2D eigenvalue weighted by molar-refractivity contribution is 7.88.